The molecule has 1 atom stereocenters. The lowest BCUT2D eigenvalue weighted by molar-refractivity contribution is 1.20. The number of fused-ring (bicyclic) bond motifs is 1. The lowest BCUT2D eigenvalue weighted by atomic mass is 9.98. The highest BCUT2D eigenvalue weighted by atomic mass is 79.9. The third kappa shape index (κ3) is 2.65. The van der Waals surface area contributed by atoms with Crippen molar-refractivity contribution in [2.24, 2.45) is 0 Å². The Kier molecular flexibility index (Phi) is 4.16. The molecular formula is C17H11Br2Cl. The van der Waals surface area contributed by atoms with E-state index in [1.807, 2.05) is 12.1 Å². The molecule has 0 saturated carbocycles. The predicted octanol–water partition coefficient (Wildman–Crippen LogP) is 6.74. The molecule has 0 aromatic heterocycles. The van der Waals surface area contributed by atoms with Crippen molar-refractivity contribution in [3.8, 4) is 0 Å². The van der Waals surface area contributed by atoms with Crippen LogP contribution < -0.4 is 0 Å². The minimum Gasteiger partial charge on any atom is -0.0843 e. The van der Waals surface area contributed by atoms with E-state index in [2.05, 4.69) is 80.4 Å². The highest BCUT2D eigenvalue weighted by Crippen LogP contribution is 2.37. The van der Waals surface area contributed by atoms with Gasteiger partial charge in [0.05, 0.1) is 4.83 Å². The first-order valence-electron chi connectivity index (χ1n) is 6.23. The molecule has 0 N–H and O–H groups in total. The van der Waals surface area contributed by atoms with Crippen molar-refractivity contribution in [1.82, 2.24) is 0 Å². The first kappa shape index (κ1) is 14.1. The molecule has 1 unspecified atom stereocenters. The van der Waals surface area contributed by atoms with E-state index in [4.69, 9.17) is 11.6 Å². The second-order valence-corrected chi connectivity index (χ2v) is 6.80. The molecule has 0 spiro atoms. The monoisotopic (exact) mass is 408 g/mol. The van der Waals surface area contributed by atoms with Crippen LogP contribution in [0.25, 0.3) is 10.8 Å². The summed E-state index contributed by atoms with van der Waals surface area (Å²) < 4.78 is 1.12. The summed E-state index contributed by atoms with van der Waals surface area (Å²) >= 11 is 13.4. The third-order valence-electron chi connectivity index (χ3n) is 3.34. The van der Waals surface area contributed by atoms with E-state index >= 15 is 0 Å². The van der Waals surface area contributed by atoms with Crippen molar-refractivity contribution in [3.05, 3.63) is 81.3 Å². The van der Waals surface area contributed by atoms with Crippen LogP contribution in [0.15, 0.2) is 65.1 Å². The Balaban J connectivity index is 2.14. The van der Waals surface area contributed by atoms with Gasteiger partial charge in [-0.05, 0) is 40.1 Å². The van der Waals surface area contributed by atoms with E-state index in [0.717, 1.165) is 9.50 Å². The maximum atomic E-state index is 5.96. The standard InChI is InChI=1S/C17H11Br2Cl/c18-16-10-9-15(13-3-1-2-4-14(13)16)17(19)11-5-7-12(20)8-6-11/h1-10,17H. The third-order valence-corrected chi connectivity index (χ3v) is 5.31. The number of hydrogen-bond donors (Lipinski definition) is 0. The molecule has 0 fully saturated rings. The summed E-state index contributed by atoms with van der Waals surface area (Å²) in [6.07, 6.45) is 0. The number of hydrogen-bond acceptors (Lipinski definition) is 0. The van der Waals surface area contributed by atoms with Crippen molar-refractivity contribution in [2.45, 2.75) is 4.83 Å². The van der Waals surface area contributed by atoms with E-state index < -0.39 is 0 Å². The van der Waals surface area contributed by atoms with Crippen LogP contribution in [0.5, 0.6) is 0 Å². The summed E-state index contributed by atoms with van der Waals surface area (Å²) in [6, 6.07) is 20.6. The predicted molar refractivity (Wildman–Crippen MR) is 93.9 cm³/mol. The minimum absolute atomic E-state index is 0.151. The summed E-state index contributed by atoms with van der Waals surface area (Å²) in [4.78, 5) is 0.151. The molecule has 3 heteroatoms. The van der Waals surface area contributed by atoms with Crippen LogP contribution in [0.1, 0.15) is 16.0 Å². The molecule has 20 heavy (non-hydrogen) atoms. The van der Waals surface area contributed by atoms with Crippen LogP contribution in [-0.2, 0) is 0 Å². The molecule has 100 valence electrons. The Labute approximate surface area is 140 Å². The highest BCUT2D eigenvalue weighted by Gasteiger charge is 2.14. The fourth-order valence-electron chi connectivity index (χ4n) is 2.32. The molecule has 3 aromatic carbocycles. The maximum Gasteiger partial charge on any atom is 0.0650 e. The van der Waals surface area contributed by atoms with Crippen molar-refractivity contribution in [2.75, 3.05) is 0 Å². The first-order chi connectivity index (χ1) is 9.66. The topological polar surface area (TPSA) is 0 Å². The lowest BCUT2D eigenvalue weighted by Crippen LogP contribution is -1.94. The fraction of sp³-hybridized carbons (Fsp3) is 0.0588. The average molecular weight is 411 g/mol. The van der Waals surface area contributed by atoms with Gasteiger partial charge in [-0.3, -0.25) is 0 Å². The Morgan fingerprint density at radius 3 is 2.15 bits per heavy atom. The molecule has 0 heterocycles. The molecular weight excluding hydrogens is 399 g/mol. The smallest absolute Gasteiger partial charge is 0.0650 e. The Morgan fingerprint density at radius 2 is 1.45 bits per heavy atom. The first-order valence-corrected chi connectivity index (χ1v) is 8.32. The zero-order valence-electron chi connectivity index (χ0n) is 10.5. The van der Waals surface area contributed by atoms with Crippen LogP contribution in [-0.4, -0.2) is 0 Å². The summed E-state index contributed by atoms with van der Waals surface area (Å²) in [5.41, 5.74) is 2.45. The van der Waals surface area contributed by atoms with E-state index in [1.54, 1.807) is 0 Å². The average Bonchev–Trinajstić information content (AvgIpc) is 2.48. The molecule has 0 bridgehead atoms. The van der Waals surface area contributed by atoms with Crippen molar-refractivity contribution < 1.29 is 0 Å². The SMILES string of the molecule is Clc1ccc(C(Br)c2ccc(Br)c3ccccc23)cc1. The van der Waals surface area contributed by atoms with E-state index in [0.29, 0.717) is 0 Å². The number of alkyl halides is 1. The molecule has 3 aromatic rings. The summed E-state index contributed by atoms with van der Waals surface area (Å²) in [7, 11) is 0. The quantitative estimate of drug-likeness (QED) is 0.410. The van der Waals surface area contributed by atoms with Gasteiger partial charge in [-0.1, -0.05) is 85.9 Å². The second kappa shape index (κ2) is 5.88. The van der Waals surface area contributed by atoms with Crippen LogP contribution in [0.4, 0.5) is 0 Å². The largest absolute Gasteiger partial charge is 0.0843 e. The number of rotatable bonds is 2. The number of benzene rings is 3. The lowest BCUT2D eigenvalue weighted by Gasteiger charge is -2.14. The van der Waals surface area contributed by atoms with Gasteiger partial charge in [-0.2, -0.15) is 0 Å². The molecule has 0 aliphatic rings. The van der Waals surface area contributed by atoms with Gasteiger partial charge in [-0.25, -0.2) is 0 Å². The zero-order chi connectivity index (χ0) is 14.1. The van der Waals surface area contributed by atoms with Gasteiger partial charge in [-0.15, -0.1) is 0 Å². The number of halogens is 3. The van der Waals surface area contributed by atoms with E-state index in [-0.39, 0.29) is 4.83 Å². The van der Waals surface area contributed by atoms with Crippen molar-refractivity contribution in [1.29, 1.82) is 0 Å². The van der Waals surface area contributed by atoms with Crippen LogP contribution in [0, 0.1) is 0 Å². The molecule has 3 rings (SSSR count). The molecule has 0 saturated heterocycles. The van der Waals surface area contributed by atoms with Crippen LogP contribution in [0.3, 0.4) is 0 Å². The fourth-order valence-corrected chi connectivity index (χ4v) is 3.63. The Bertz CT molecular complexity index is 751. The van der Waals surface area contributed by atoms with Crippen molar-refractivity contribution in [3.63, 3.8) is 0 Å². The highest BCUT2D eigenvalue weighted by molar-refractivity contribution is 9.10. The zero-order valence-corrected chi connectivity index (χ0v) is 14.4. The molecule has 0 nitrogen and oxygen atoms in total. The maximum absolute atomic E-state index is 5.96. The van der Waals surface area contributed by atoms with Gasteiger partial charge >= 0.3 is 0 Å². The normalized spacial score (nSPS) is 12.6. The Hall–Kier alpha value is -0.830. The van der Waals surface area contributed by atoms with Gasteiger partial charge < -0.3 is 0 Å². The van der Waals surface area contributed by atoms with Gasteiger partial charge in [0.25, 0.3) is 0 Å². The van der Waals surface area contributed by atoms with Crippen molar-refractivity contribution >= 4 is 54.2 Å². The van der Waals surface area contributed by atoms with Crippen LogP contribution in [0.2, 0.25) is 5.02 Å². The molecule has 0 radical (unpaired) electrons. The summed E-state index contributed by atoms with van der Waals surface area (Å²) in [5.74, 6) is 0. The van der Waals surface area contributed by atoms with Gasteiger partial charge in [0.15, 0.2) is 0 Å². The molecule has 0 aliphatic heterocycles. The van der Waals surface area contributed by atoms with E-state index in [1.165, 1.54) is 21.9 Å². The van der Waals surface area contributed by atoms with Gasteiger partial charge in [0.2, 0.25) is 0 Å². The van der Waals surface area contributed by atoms with Crippen LogP contribution >= 0.6 is 43.5 Å². The molecule has 0 amide bonds. The summed E-state index contributed by atoms with van der Waals surface area (Å²) in [5, 5.41) is 3.23. The summed E-state index contributed by atoms with van der Waals surface area (Å²) in [6.45, 7) is 0. The molecule has 0 aliphatic carbocycles. The van der Waals surface area contributed by atoms with E-state index in [9.17, 15) is 0 Å². The Morgan fingerprint density at radius 1 is 0.800 bits per heavy atom. The van der Waals surface area contributed by atoms with Gasteiger partial charge in [0, 0.05) is 9.50 Å². The minimum atomic E-state index is 0.151. The van der Waals surface area contributed by atoms with Gasteiger partial charge in [0.1, 0.15) is 0 Å². The second-order valence-electron chi connectivity index (χ2n) is 4.60.